The van der Waals surface area contributed by atoms with Crippen molar-refractivity contribution in [1.29, 1.82) is 0 Å². The summed E-state index contributed by atoms with van der Waals surface area (Å²) in [5.74, 6) is -6.58. The molecule has 222 valence electrons. The number of carbonyl (C=O) groups excluding carboxylic acids is 3. The number of Topliss-reactive ketones (excluding diaryl/α,β-unsaturated/α-hetero) is 2. The van der Waals surface area contributed by atoms with Gasteiger partial charge in [-0.2, -0.15) is 0 Å². The Morgan fingerprint density at radius 1 is 1.02 bits per heavy atom. The monoisotopic (exact) mass is 583 g/mol. The molecule has 0 radical (unpaired) electrons. The van der Waals surface area contributed by atoms with Gasteiger partial charge >= 0.3 is 0 Å². The van der Waals surface area contributed by atoms with Gasteiger partial charge in [-0.3, -0.25) is 19.3 Å². The third-order valence-electron chi connectivity index (χ3n) is 9.21. The van der Waals surface area contributed by atoms with Crippen LogP contribution in [0.5, 0.6) is 5.75 Å². The number of para-hydroxylation sites is 1. The number of ketones is 2. The topological polar surface area (TPSA) is 165 Å². The minimum absolute atomic E-state index is 0.0509. The molecule has 0 spiro atoms. The molecule has 1 saturated carbocycles. The minimum Gasteiger partial charge on any atom is -0.508 e. The van der Waals surface area contributed by atoms with Crippen molar-refractivity contribution in [2.24, 2.45) is 17.6 Å². The van der Waals surface area contributed by atoms with E-state index in [1.54, 1.807) is 14.1 Å². The second kappa shape index (κ2) is 9.96. The Kier molecular flexibility index (Phi) is 6.59. The number of carbonyl (C=O) groups is 3. The molecule has 0 heterocycles. The summed E-state index contributed by atoms with van der Waals surface area (Å²) in [5.41, 5.74) is 4.37. The van der Waals surface area contributed by atoms with Crippen molar-refractivity contribution in [2.45, 2.75) is 31.0 Å². The molecule has 3 aliphatic rings. The molecule has 3 aliphatic carbocycles. The van der Waals surface area contributed by atoms with E-state index in [-0.39, 0.29) is 29.7 Å². The van der Waals surface area contributed by atoms with Gasteiger partial charge in [-0.1, -0.05) is 36.4 Å². The summed E-state index contributed by atoms with van der Waals surface area (Å²) in [4.78, 5) is 43.0. The molecule has 6 rings (SSSR count). The number of anilines is 1. The van der Waals surface area contributed by atoms with E-state index in [1.165, 1.54) is 4.90 Å². The first-order valence-electron chi connectivity index (χ1n) is 14.0. The number of hydrogen-bond donors (Lipinski definition) is 5. The lowest BCUT2D eigenvalue weighted by Gasteiger charge is -2.50. The van der Waals surface area contributed by atoms with E-state index in [2.05, 4.69) is 4.90 Å². The average Bonchev–Trinajstić information content (AvgIpc) is 2.95. The first-order valence-corrected chi connectivity index (χ1v) is 14.0. The number of aliphatic hydroxyl groups is 3. The summed E-state index contributed by atoms with van der Waals surface area (Å²) in [7, 11) is 5.11. The largest absolute Gasteiger partial charge is 0.508 e. The number of phenols is 1. The quantitative estimate of drug-likeness (QED) is 0.284. The highest BCUT2D eigenvalue weighted by Crippen LogP contribution is 2.53. The van der Waals surface area contributed by atoms with E-state index in [0.717, 1.165) is 16.6 Å². The number of phenolic OH excluding ortho intramolecular Hbond substituents is 1. The van der Waals surface area contributed by atoms with E-state index in [4.69, 9.17) is 5.73 Å². The second-order valence-electron chi connectivity index (χ2n) is 12.0. The molecular formula is C33H33N3O7. The second-order valence-corrected chi connectivity index (χ2v) is 12.0. The zero-order valence-corrected chi connectivity index (χ0v) is 24.0. The van der Waals surface area contributed by atoms with E-state index in [0.29, 0.717) is 17.5 Å². The summed E-state index contributed by atoms with van der Waals surface area (Å²) in [6.07, 6.45) is 0.297. The molecule has 3 aromatic carbocycles. The predicted molar refractivity (Wildman–Crippen MR) is 160 cm³/mol. The Labute approximate surface area is 247 Å². The van der Waals surface area contributed by atoms with Gasteiger partial charge in [0.05, 0.1) is 11.6 Å². The highest BCUT2D eigenvalue weighted by Gasteiger charge is 2.64. The fraction of sp³-hybridized carbons (Fsp3) is 0.303. The molecule has 4 atom stereocenters. The lowest BCUT2D eigenvalue weighted by molar-refractivity contribution is -0.153. The average molecular weight is 584 g/mol. The summed E-state index contributed by atoms with van der Waals surface area (Å²) in [6.45, 7) is 0.554. The van der Waals surface area contributed by atoms with Gasteiger partial charge in [0, 0.05) is 36.2 Å². The Bertz CT molecular complexity index is 1780. The van der Waals surface area contributed by atoms with E-state index in [9.17, 15) is 34.8 Å². The van der Waals surface area contributed by atoms with Gasteiger partial charge in [-0.25, -0.2) is 0 Å². The molecule has 1 fully saturated rings. The van der Waals surface area contributed by atoms with Crippen molar-refractivity contribution >= 4 is 39.7 Å². The number of likely N-dealkylation sites (N-methyl/N-ethyl adjacent to an activating group) is 1. The van der Waals surface area contributed by atoms with Gasteiger partial charge < -0.3 is 31.1 Å². The maximum absolute atomic E-state index is 14.0. The number of fused-ring (bicyclic) bond motifs is 4. The Morgan fingerprint density at radius 3 is 2.37 bits per heavy atom. The Hall–Kier alpha value is -4.67. The predicted octanol–water partition coefficient (Wildman–Crippen LogP) is 2.75. The number of benzene rings is 3. The van der Waals surface area contributed by atoms with Crippen molar-refractivity contribution in [1.82, 2.24) is 4.90 Å². The molecule has 1 amide bonds. The number of nitrogens with zero attached hydrogens (tertiary/aromatic N) is 2. The molecule has 10 heteroatoms. The lowest BCUT2D eigenvalue weighted by atomic mass is 9.57. The normalized spacial score (nSPS) is 25.1. The molecule has 0 aromatic heterocycles. The van der Waals surface area contributed by atoms with Gasteiger partial charge in [-0.15, -0.1) is 0 Å². The van der Waals surface area contributed by atoms with Crippen molar-refractivity contribution in [3.63, 3.8) is 0 Å². The maximum Gasteiger partial charge on any atom is 0.255 e. The summed E-state index contributed by atoms with van der Waals surface area (Å²) in [6, 6.07) is 16.3. The zero-order valence-electron chi connectivity index (χ0n) is 24.0. The number of aliphatic hydroxyl groups excluding tert-OH is 2. The highest BCUT2D eigenvalue weighted by molar-refractivity contribution is 6.24. The molecular weight excluding hydrogens is 550 g/mol. The van der Waals surface area contributed by atoms with Crippen molar-refractivity contribution < 1.29 is 34.8 Å². The SMILES string of the molecule is CN(Cc1ccc2cc3c(c(O)c2c1)C(O)=C1C(=O)[C@]2(O)C(O)=C(C(N)=O)C(=O)[C@@H](N(C)C)[C@@H]2C[C@@H]1C3)c1ccccc1. The van der Waals surface area contributed by atoms with Crippen LogP contribution >= 0.6 is 0 Å². The molecule has 43 heavy (non-hydrogen) atoms. The number of nitrogens with two attached hydrogens (primary N) is 1. The van der Waals surface area contributed by atoms with Crippen LogP contribution in [0.15, 0.2) is 71.5 Å². The maximum atomic E-state index is 14.0. The van der Waals surface area contributed by atoms with Crippen LogP contribution in [0.4, 0.5) is 5.69 Å². The summed E-state index contributed by atoms with van der Waals surface area (Å²) < 4.78 is 0. The van der Waals surface area contributed by atoms with E-state index >= 15 is 0 Å². The van der Waals surface area contributed by atoms with Crippen LogP contribution in [0.25, 0.3) is 16.5 Å². The fourth-order valence-corrected chi connectivity index (χ4v) is 7.20. The number of amides is 1. The molecule has 0 bridgehead atoms. The third kappa shape index (κ3) is 4.12. The van der Waals surface area contributed by atoms with Crippen LogP contribution in [0, 0.1) is 11.8 Å². The molecule has 0 saturated heterocycles. The van der Waals surface area contributed by atoms with Crippen LogP contribution < -0.4 is 10.6 Å². The molecule has 6 N–H and O–H groups in total. The zero-order chi connectivity index (χ0) is 31.0. The Balaban J connectivity index is 1.46. The standard InChI is InChI=1S/C33H33N3O7/c1-35(2)26-22-14-19-13-18-12-17-10-9-16(15-36(3)20-7-5-4-6-8-20)11-21(17)27(37)23(18)28(38)24(19)30(40)33(22,43)31(41)25(29(26)39)32(34)42/h4-12,19,22,26,37-38,41,43H,13-15H2,1-3H3,(H2,34,42)/t19-,22-,26-,33-/m0/s1. The third-order valence-corrected chi connectivity index (χ3v) is 9.21. The Morgan fingerprint density at radius 2 is 1.72 bits per heavy atom. The van der Waals surface area contributed by atoms with Gasteiger partial charge in [0.25, 0.3) is 5.91 Å². The van der Waals surface area contributed by atoms with Crippen molar-refractivity contribution in [3.05, 3.63) is 88.2 Å². The van der Waals surface area contributed by atoms with E-state index in [1.807, 2.05) is 61.6 Å². The van der Waals surface area contributed by atoms with Crippen LogP contribution in [0.3, 0.4) is 0 Å². The van der Waals surface area contributed by atoms with Crippen molar-refractivity contribution in [3.8, 4) is 5.75 Å². The van der Waals surface area contributed by atoms with Crippen LogP contribution in [0.2, 0.25) is 0 Å². The van der Waals surface area contributed by atoms with Crippen LogP contribution in [-0.4, -0.2) is 75.6 Å². The first-order chi connectivity index (χ1) is 20.4. The van der Waals surface area contributed by atoms with E-state index < -0.39 is 58.0 Å². The number of hydrogen-bond acceptors (Lipinski definition) is 9. The molecule has 3 aromatic rings. The van der Waals surface area contributed by atoms with Gasteiger partial charge in [0.1, 0.15) is 22.8 Å². The minimum atomic E-state index is -2.66. The van der Waals surface area contributed by atoms with Gasteiger partial charge in [0.2, 0.25) is 5.78 Å². The number of primary amides is 1. The highest BCUT2D eigenvalue weighted by atomic mass is 16.3. The summed E-state index contributed by atoms with van der Waals surface area (Å²) in [5, 5.41) is 47.0. The van der Waals surface area contributed by atoms with Crippen LogP contribution in [0.1, 0.15) is 23.1 Å². The first kappa shape index (κ1) is 28.4. The van der Waals surface area contributed by atoms with Gasteiger partial charge in [0.15, 0.2) is 11.4 Å². The molecule has 0 aliphatic heterocycles. The fourth-order valence-electron chi connectivity index (χ4n) is 7.20. The molecule has 10 nitrogen and oxygen atoms in total. The lowest BCUT2D eigenvalue weighted by Crippen LogP contribution is -2.65. The van der Waals surface area contributed by atoms with Crippen molar-refractivity contribution in [2.75, 3.05) is 26.0 Å². The van der Waals surface area contributed by atoms with Crippen LogP contribution in [-0.2, 0) is 27.3 Å². The smallest absolute Gasteiger partial charge is 0.255 e. The summed E-state index contributed by atoms with van der Waals surface area (Å²) >= 11 is 0. The number of aromatic hydroxyl groups is 1. The number of rotatable bonds is 5. The van der Waals surface area contributed by atoms with Gasteiger partial charge in [-0.05, 0) is 67.6 Å². The molecule has 0 unspecified atom stereocenters.